The van der Waals surface area contributed by atoms with Gasteiger partial charge in [0.1, 0.15) is 12.4 Å². The number of aromatic nitrogens is 4. The number of aliphatic carboxylic acids is 1. The number of rotatable bonds is 4. The normalized spacial score (nSPS) is 21.5. The van der Waals surface area contributed by atoms with Crippen LogP contribution in [0.4, 0.5) is 13.2 Å². The van der Waals surface area contributed by atoms with Gasteiger partial charge in [-0.05, 0) is 30.9 Å². The van der Waals surface area contributed by atoms with Crippen molar-refractivity contribution < 1.29 is 37.4 Å². The predicted molar refractivity (Wildman–Crippen MR) is 113 cm³/mol. The average Bonchev–Trinajstić information content (AvgIpc) is 3.44. The zero-order chi connectivity index (χ0) is 25.8. The van der Waals surface area contributed by atoms with Crippen LogP contribution in [0, 0.1) is 5.92 Å². The Morgan fingerprint density at radius 2 is 1.97 bits per heavy atom. The third-order valence-corrected chi connectivity index (χ3v) is 5.65. The molecule has 4 heterocycles. The maximum Gasteiger partial charge on any atom is 0.490 e. The first kappa shape index (κ1) is 26.1. The molecule has 4 rings (SSSR count). The Kier molecular flexibility index (Phi) is 8.04. The molecule has 0 spiro atoms. The van der Waals surface area contributed by atoms with Crippen molar-refractivity contribution in [2.75, 3.05) is 20.1 Å². The monoisotopic (exact) mass is 498 g/mol. The van der Waals surface area contributed by atoms with Crippen LogP contribution in [-0.4, -0.2) is 91.0 Å². The third kappa shape index (κ3) is 6.74. The van der Waals surface area contributed by atoms with E-state index < -0.39 is 18.2 Å². The highest BCUT2D eigenvalue weighted by Crippen LogP contribution is 2.34. The van der Waals surface area contributed by atoms with E-state index in [0.717, 1.165) is 12.1 Å². The number of carboxylic acids is 1. The molecule has 14 heteroatoms. The van der Waals surface area contributed by atoms with Crippen molar-refractivity contribution in [3.05, 3.63) is 42.2 Å². The molecule has 2 fully saturated rings. The van der Waals surface area contributed by atoms with Crippen LogP contribution in [0.1, 0.15) is 29.2 Å². The van der Waals surface area contributed by atoms with E-state index in [-0.39, 0.29) is 29.7 Å². The molecule has 2 aliphatic rings. The average molecular weight is 498 g/mol. The lowest BCUT2D eigenvalue weighted by atomic mass is 9.91. The summed E-state index contributed by atoms with van der Waals surface area (Å²) in [4.78, 5) is 46.0. The number of hydrogen-bond donors (Lipinski definition) is 1. The van der Waals surface area contributed by atoms with E-state index in [9.17, 15) is 22.8 Å². The van der Waals surface area contributed by atoms with Gasteiger partial charge in [0.05, 0.1) is 18.3 Å². The van der Waals surface area contributed by atoms with Crippen LogP contribution in [0.25, 0.3) is 0 Å². The Labute approximate surface area is 198 Å². The fourth-order valence-corrected chi connectivity index (χ4v) is 3.91. The Bertz CT molecular complexity index is 1050. The van der Waals surface area contributed by atoms with Crippen molar-refractivity contribution in [1.82, 2.24) is 29.5 Å². The second kappa shape index (κ2) is 10.8. The summed E-state index contributed by atoms with van der Waals surface area (Å²) in [6, 6.07) is 5.65. The number of carbonyl (C=O) groups excluding carboxylic acids is 2. The third-order valence-electron chi connectivity index (χ3n) is 5.65. The largest absolute Gasteiger partial charge is 0.490 e. The lowest BCUT2D eigenvalue weighted by Crippen LogP contribution is -2.46. The molecule has 0 aromatic carbocycles. The van der Waals surface area contributed by atoms with Crippen LogP contribution in [0.5, 0.6) is 0 Å². The minimum atomic E-state index is -5.08. The minimum absolute atomic E-state index is 0.0377. The number of likely N-dealkylation sites (tertiary alicyclic amines) is 1. The summed E-state index contributed by atoms with van der Waals surface area (Å²) in [5.74, 6) is -2.50. The molecule has 1 N–H and O–H groups in total. The van der Waals surface area contributed by atoms with Gasteiger partial charge < -0.3 is 19.6 Å². The topological polar surface area (TPSA) is 131 Å². The van der Waals surface area contributed by atoms with Gasteiger partial charge in [-0.2, -0.15) is 13.2 Å². The Morgan fingerprint density at radius 3 is 2.54 bits per heavy atom. The fourth-order valence-electron chi connectivity index (χ4n) is 3.91. The molecule has 0 radical (unpaired) electrons. The highest BCUT2D eigenvalue weighted by atomic mass is 19.4. The highest BCUT2D eigenvalue weighted by Gasteiger charge is 2.44. The second-order valence-corrected chi connectivity index (χ2v) is 8.26. The van der Waals surface area contributed by atoms with Crippen LogP contribution in [0.2, 0.25) is 0 Å². The van der Waals surface area contributed by atoms with Crippen LogP contribution < -0.4 is 0 Å². The first-order valence-corrected chi connectivity index (χ1v) is 10.7. The van der Waals surface area contributed by atoms with Crippen LogP contribution >= 0.6 is 0 Å². The molecule has 2 aromatic rings. The molecule has 190 valence electrons. The van der Waals surface area contributed by atoms with Crippen molar-refractivity contribution >= 4 is 17.8 Å². The summed E-state index contributed by atoms with van der Waals surface area (Å²) >= 11 is 0. The van der Waals surface area contributed by atoms with Gasteiger partial charge in [0.2, 0.25) is 5.82 Å². The number of piperidine rings is 1. The van der Waals surface area contributed by atoms with Crippen molar-refractivity contribution in [2.24, 2.45) is 13.0 Å². The number of alkyl halides is 3. The highest BCUT2D eigenvalue weighted by molar-refractivity contribution is 5.90. The molecule has 0 aliphatic carbocycles. The van der Waals surface area contributed by atoms with E-state index in [1.807, 2.05) is 18.2 Å². The first-order chi connectivity index (χ1) is 16.5. The summed E-state index contributed by atoms with van der Waals surface area (Å²) in [6.07, 6.45) is -0.934. The molecule has 3 atom stereocenters. The van der Waals surface area contributed by atoms with E-state index in [0.29, 0.717) is 26.1 Å². The van der Waals surface area contributed by atoms with Gasteiger partial charge in [0.15, 0.2) is 0 Å². The molecule has 2 aromatic heterocycles. The first-order valence-electron chi connectivity index (χ1n) is 10.7. The van der Waals surface area contributed by atoms with Gasteiger partial charge in [-0.1, -0.05) is 6.07 Å². The lowest BCUT2D eigenvalue weighted by molar-refractivity contribution is -0.192. The van der Waals surface area contributed by atoms with E-state index in [4.69, 9.17) is 14.6 Å². The van der Waals surface area contributed by atoms with E-state index >= 15 is 0 Å². The van der Waals surface area contributed by atoms with Crippen LogP contribution in [-0.2, 0) is 27.9 Å². The van der Waals surface area contributed by atoms with Crippen molar-refractivity contribution in [2.45, 2.75) is 37.8 Å². The predicted octanol–water partition coefficient (Wildman–Crippen LogP) is 1.12. The summed E-state index contributed by atoms with van der Waals surface area (Å²) in [6.45, 7) is 1.55. The molecule has 0 saturated carbocycles. The number of halogens is 3. The quantitative estimate of drug-likeness (QED) is 0.664. The molecule has 11 nitrogen and oxygen atoms in total. The summed E-state index contributed by atoms with van der Waals surface area (Å²) in [5.41, 5.74) is 0.841. The van der Waals surface area contributed by atoms with Crippen LogP contribution in [0.15, 0.2) is 30.7 Å². The zero-order valence-electron chi connectivity index (χ0n) is 19.1. The van der Waals surface area contributed by atoms with E-state index in [1.165, 1.54) is 11.0 Å². The Balaban J connectivity index is 0.000000429. The number of aryl methyl sites for hydroxylation is 1. The number of nitrogens with zero attached hydrogens (tertiary/aromatic N) is 6. The maximum atomic E-state index is 12.8. The number of amides is 2. The van der Waals surface area contributed by atoms with Crippen molar-refractivity contribution in [3.8, 4) is 0 Å². The van der Waals surface area contributed by atoms with Gasteiger partial charge >= 0.3 is 12.1 Å². The molecule has 2 aliphatic heterocycles. The summed E-state index contributed by atoms with van der Waals surface area (Å²) in [7, 11) is 3.50. The molecular formula is C21H25F3N6O5. The number of likely N-dealkylation sites (N-methyl/N-ethyl adjacent to an activating group) is 1. The smallest absolute Gasteiger partial charge is 0.475 e. The van der Waals surface area contributed by atoms with E-state index in [1.54, 1.807) is 30.1 Å². The molecular weight excluding hydrogens is 473 g/mol. The molecule has 2 saturated heterocycles. The number of carboxylic acid groups (broad SMARTS) is 1. The lowest BCUT2D eigenvalue weighted by Gasteiger charge is -2.33. The van der Waals surface area contributed by atoms with Crippen molar-refractivity contribution in [3.63, 3.8) is 0 Å². The van der Waals surface area contributed by atoms with Crippen molar-refractivity contribution in [1.29, 1.82) is 0 Å². The molecule has 2 amide bonds. The summed E-state index contributed by atoms with van der Waals surface area (Å²) in [5, 5.41) is 11.2. The zero-order valence-corrected chi connectivity index (χ0v) is 19.1. The Morgan fingerprint density at radius 1 is 1.26 bits per heavy atom. The molecule has 0 bridgehead atoms. The second-order valence-electron chi connectivity index (χ2n) is 8.26. The summed E-state index contributed by atoms with van der Waals surface area (Å²) < 4.78 is 39.3. The molecule has 1 unspecified atom stereocenters. The number of ether oxygens (including phenoxy) is 1. The van der Waals surface area contributed by atoms with Gasteiger partial charge in [-0.3, -0.25) is 19.3 Å². The maximum absolute atomic E-state index is 12.8. The molecule has 35 heavy (non-hydrogen) atoms. The fraction of sp³-hybridized carbons (Fsp3) is 0.524. The standard InChI is InChI=1S/C19H24N6O3.C2HF3O2/c1-23(10-14-5-3-4-7-20-14)18(26)15-9-13-6-8-25(11-16(13)28-15)19(27)17-21-12-24(2)22-17;3-2(4,5)1(6)7/h3-5,7,12-13,15-16H,6,8-11H2,1-2H3;(H,6,7)/t13-,15?,16-;/m0./s1. The number of pyridine rings is 1. The van der Waals surface area contributed by atoms with Gasteiger partial charge in [0, 0.05) is 33.4 Å². The number of hydrogen-bond acceptors (Lipinski definition) is 7. The minimum Gasteiger partial charge on any atom is -0.475 e. The number of fused-ring (bicyclic) bond motifs is 1. The van der Waals surface area contributed by atoms with Gasteiger partial charge in [-0.15, -0.1) is 5.10 Å². The van der Waals surface area contributed by atoms with Gasteiger partial charge in [0.25, 0.3) is 11.8 Å². The van der Waals surface area contributed by atoms with E-state index in [2.05, 4.69) is 15.1 Å². The van der Waals surface area contributed by atoms with Crippen LogP contribution in [0.3, 0.4) is 0 Å². The number of carbonyl (C=O) groups is 3. The SMILES string of the molecule is CN(Cc1ccccn1)C(=O)C1C[C@@H]2CCN(C(=O)c3ncn(C)n3)C[C@@H]2O1.O=C(O)C(F)(F)F. The Hall–Kier alpha value is -3.55. The van der Waals surface area contributed by atoms with Gasteiger partial charge in [-0.25, -0.2) is 9.78 Å².